The van der Waals surface area contributed by atoms with Crippen molar-refractivity contribution in [2.24, 2.45) is 0 Å². The molecular formula is C19H15FN2O3S. The summed E-state index contributed by atoms with van der Waals surface area (Å²) < 4.78 is 13.1. The molecule has 0 aliphatic rings. The molecular weight excluding hydrogens is 355 g/mol. The largest absolute Gasteiger partial charge is 0.478 e. The molecule has 3 rings (SSSR count). The van der Waals surface area contributed by atoms with Gasteiger partial charge in [0, 0.05) is 11.3 Å². The summed E-state index contributed by atoms with van der Waals surface area (Å²) in [5, 5.41) is 12.5. The molecule has 0 saturated heterocycles. The maximum Gasteiger partial charge on any atom is 0.335 e. The third kappa shape index (κ3) is 3.62. The molecule has 1 heterocycles. The lowest BCUT2D eigenvalue weighted by molar-refractivity contribution is 0.0696. The van der Waals surface area contributed by atoms with E-state index in [4.69, 9.17) is 5.11 Å². The minimum absolute atomic E-state index is 0.0962. The summed E-state index contributed by atoms with van der Waals surface area (Å²) in [6.07, 6.45) is 0. The van der Waals surface area contributed by atoms with Crippen LogP contribution in [0.3, 0.4) is 0 Å². The van der Waals surface area contributed by atoms with E-state index in [2.05, 4.69) is 10.3 Å². The van der Waals surface area contributed by atoms with E-state index in [1.54, 1.807) is 32.0 Å². The highest BCUT2D eigenvalue weighted by Gasteiger charge is 2.18. The normalized spacial score (nSPS) is 10.6. The first kappa shape index (κ1) is 17.8. The van der Waals surface area contributed by atoms with Gasteiger partial charge < -0.3 is 10.4 Å². The number of hydrogen-bond acceptors (Lipinski definition) is 4. The number of nitrogens with one attached hydrogen (secondary N) is 1. The summed E-state index contributed by atoms with van der Waals surface area (Å²) in [5.74, 6) is -1.76. The fourth-order valence-electron chi connectivity index (χ4n) is 2.39. The molecule has 5 nitrogen and oxygen atoms in total. The third-order valence-corrected chi connectivity index (χ3v) is 5.03. The van der Waals surface area contributed by atoms with Crippen LogP contribution in [0.25, 0.3) is 10.6 Å². The minimum Gasteiger partial charge on any atom is -0.478 e. The number of amides is 1. The van der Waals surface area contributed by atoms with Crippen molar-refractivity contribution in [3.63, 3.8) is 0 Å². The van der Waals surface area contributed by atoms with Gasteiger partial charge in [-0.05, 0) is 55.8 Å². The van der Waals surface area contributed by atoms with Crippen LogP contribution in [0.2, 0.25) is 0 Å². The number of benzene rings is 2. The molecule has 2 N–H and O–H groups in total. The minimum atomic E-state index is -1.06. The van der Waals surface area contributed by atoms with Crippen molar-refractivity contribution in [2.45, 2.75) is 13.8 Å². The van der Waals surface area contributed by atoms with Crippen LogP contribution in [0.5, 0.6) is 0 Å². The Morgan fingerprint density at radius 2 is 1.81 bits per heavy atom. The fraction of sp³-hybridized carbons (Fsp3) is 0.105. The van der Waals surface area contributed by atoms with Crippen molar-refractivity contribution in [3.8, 4) is 10.6 Å². The molecule has 26 heavy (non-hydrogen) atoms. The molecule has 3 aromatic rings. The maximum absolute atomic E-state index is 13.1. The predicted octanol–water partition coefficient (Wildman–Crippen LogP) is 4.52. The highest BCUT2D eigenvalue weighted by Crippen LogP contribution is 2.29. The number of aromatic carboxylic acids is 1. The van der Waals surface area contributed by atoms with E-state index in [1.165, 1.54) is 35.6 Å². The standard InChI is InChI=1S/C19H15FN2O3S/c1-10-3-4-13(19(24)25)9-15(10)22-17(23)16-11(2)21-18(26-16)12-5-7-14(20)8-6-12/h3-9H,1-2H3,(H,22,23)(H,24,25). The molecule has 0 saturated carbocycles. The van der Waals surface area contributed by atoms with Crippen LogP contribution in [-0.2, 0) is 0 Å². The zero-order chi connectivity index (χ0) is 18.8. The highest BCUT2D eigenvalue weighted by atomic mass is 32.1. The van der Waals surface area contributed by atoms with E-state index in [-0.39, 0.29) is 17.3 Å². The van der Waals surface area contributed by atoms with Gasteiger partial charge in [0.25, 0.3) is 5.91 Å². The Labute approximate surface area is 153 Å². The molecule has 0 atom stereocenters. The topological polar surface area (TPSA) is 79.3 Å². The number of carbonyl (C=O) groups is 2. The molecule has 0 fully saturated rings. The lowest BCUT2D eigenvalue weighted by Gasteiger charge is -2.08. The average molecular weight is 370 g/mol. The summed E-state index contributed by atoms with van der Waals surface area (Å²) in [7, 11) is 0. The Hall–Kier alpha value is -3.06. The van der Waals surface area contributed by atoms with Crippen LogP contribution in [0.15, 0.2) is 42.5 Å². The Kier molecular flexibility index (Phi) is 4.81. The smallest absolute Gasteiger partial charge is 0.335 e. The lowest BCUT2D eigenvalue weighted by Crippen LogP contribution is -2.13. The summed E-state index contributed by atoms with van der Waals surface area (Å²) in [4.78, 5) is 28.5. The number of halogens is 1. The molecule has 1 aromatic heterocycles. The molecule has 0 unspecified atom stereocenters. The van der Waals surface area contributed by atoms with E-state index in [0.717, 1.165) is 11.1 Å². The van der Waals surface area contributed by atoms with Gasteiger partial charge in [-0.1, -0.05) is 6.07 Å². The van der Waals surface area contributed by atoms with Crippen molar-refractivity contribution in [1.82, 2.24) is 4.98 Å². The first-order valence-corrected chi connectivity index (χ1v) is 8.55. The lowest BCUT2D eigenvalue weighted by atomic mass is 10.1. The second-order valence-electron chi connectivity index (χ2n) is 5.73. The number of aryl methyl sites for hydroxylation is 2. The number of rotatable bonds is 4. The van der Waals surface area contributed by atoms with E-state index >= 15 is 0 Å². The van der Waals surface area contributed by atoms with Gasteiger partial charge in [0.1, 0.15) is 15.7 Å². The van der Waals surface area contributed by atoms with E-state index in [9.17, 15) is 14.0 Å². The van der Waals surface area contributed by atoms with E-state index in [0.29, 0.717) is 21.3 Å². The van der Waals surface area contributed by atoms with Crippen molar-refractivity contribution < 1.29 is 19.1 Å². The van der Waals surface area contributed by atoms with Gasteiger partial charge in [-0.15, -0.1) is 11.3 Å². The SMILES string of the molecule is Cc1ccc(C(=O)O)cc1NC(=O)c1sc(-c2ccc(F)cc2)nc1C. The van der Waals surface area contributed by atoms with Gasteiger partial charge in [-0.3, -0.25) is 4.79 Å². The first-order chi connectivity index (χ1) is 12.3. The fourth-order valence-corrected chi connectivity index (χ4v) is 3.36. The number of aromatic nitrogens is 1. The van der Waals surface area contributed by atoms with Gasteiger partial charge in [0.2, 0.25) is 0 Å². The molecule has 1 amide bonds. The van der Waals surface area contributed by atoms with Crippen molar-refractivity contribution >= 4 is 28.9 Å². The molecule has 0 radical (unpaired) electrons. The number of thiazole rings is 1. The Morgan fingerprint density at radius 1 is 1.12 bits per heavy atom. The van der Waals surface area contributed by atoms with Crippen LogP contribution in [0, 0.1) is 19.7 Å². The van der Waals surface area contributed by atoms with Crippen LogP contribution in [-0.4, -0.2) is 22.0 Å². The van der Waals surface area contributed by atoms with Crippen molar-refractivity contribution in [3.05, 3.63) is 70.0 Å². The number of carboxylic acids is 1. The molecule has 7 heteroatoms. The highest BCUT2D eigenvalue weighted by molar-refractivity contribution is 7.17. The second kappa shape index (κ2) is 7.05. The molecule has 0 bridgehead atoms. The average Bonchev–Trinajstić information content (AvgIpc) is 2.99. The summed E-state index contributed by atoms with van der Waals surface area (Å²) >= 11 is 1.20. The Bertz CT molecular complexity index is 997. The molecule has 0 spiro atoms. The molecule has 2 aromatic carbocycles. The maximum atomic E-state index is 13.1. The Balaban J connectivity index is 1.88. The molecule has 132 valence electrons. The number of carboxylic acid groups (broad SMARTS) is 1. The number of anilines is 1. The monoisotopic (exact) mass is 370 g/mol. The number of hydrogen-bond donors (Lipinski definition) is 2. The van der Waals surface area contributed by atoms with Crippen molar-refractivity contribution in [2.75, 3.05) is 5.32 Å². The summed E-state index contributed by atoms with van der Waals surface area (Å²) in [6, 6.07) is 10.4. The zero-order valence-corrected chi connectivity index (χ0v) is 14.9. The first-order valence-electron chi connectivity index (χ1n) is 7.74. The van der Waals surface area contributed by atoms with Gasteiger partial charge in [-0.2, -0.15) is 0 Å². The van der Waals surface area contributed by atoms with Crippen LogP contribution in [0.4, 0.5) is 10.1 Å². The third-order valence-electron chi connectivity index (χ3n) is 3.83. The van der Waals surface area contributed by atoms with E-state index in [1.807, 2.05) is 0 Å². The second-order valence-corrected chi connectivity index (χ2v) is 6.73. The van der Waals surface area contributed by atoms with Crippen molar-refractivity contribution in [1.29, 1.82) is 0 Å². The molecule has 0 aliphatic carbocycles. The summed E-state index contributed by atoms with van der Waals surface area (Å²) in [5.41, 5.74) is 2.57. The van der Waals surface area contributed by atoms with Crippen LogP contribution >= 0.6 is 11.3 Å². The Morgan fingerprint density at radius 3 is 2.46 bits per heavy atom. The van der Waals surface area contributed by atoms with E-state index < -0.39 is 5.97 Å². The van der Waals surface area contributed by atoms with Crippen LogP contribution < -0.4 is 5.32 Å². The van der Waals surface area contributed by atoms with Crippen LogP contribution in [0.1, 0.15) is 31.3 Å². The van der Waals surface area contributed by atoms with Gasteiger partial charge >= 0.3 is 5.97 Å². The number of carbonyl (C=O) groups excluding carboxylic acids is 1. The number of nitrogens with zero attached hydrogens (tertiary/aromatic N) is 1. The van der Waals surface area contributed by atoms with Gasteiger partial charge in [-0.25, -0.2) is 14.2 Å². The predicted molar refractivity (Wildman–Crippen MR) is 98.3 cm³/mol. The van der Waals surface area contributed by atoms with Gasteiger partial charge in [0.15, 0.2) is 0 Å². The summed E-state index contributed by atoms with van der Waals surface area (Å²) in [6.45, 7) is 3.50. The molecule has 0 aliphatic heterocycles. The quantitative estimate of drug-likeness (QED) is 0.708. The van der Waals surface area contributed by atoms with Gasteiger partial charge in [0.05, 0.1) is 11.3 Å². The zero-order valence-electron chi connectivity index (χ0n) is 14.0.